The molecule has 1 N–H and O–H groups in total. The molecule has 0 bridgehead atoms. The van der Waals surface area contributed by atoms with Crippen LogP contribution in [0.25, 0.3) is 0 Å². The summed E-state index contributed by atoms with van der Waals surface area (Å²) in [4.78, 5) is 27.4. The second-order valence-electron chi connectivity index (χ2n) is 8.37. The molecule has 34 heavy (non-hydrogen) atoms. The van der Waals surface area contributed by atoms with Gasteiger partial charge in [-0.2, -0.15) is 0 Å². The van der Waals surface area contributed by atoms with Gasteiger partial charge in [0.25, 0.3) is 0 Å². The summed E-state index contributed by atoms with van der Waals surface area (Å²) in [6, 6.07) is 12.3. The third-order valence-electron chi connectivity index (χ3n) is 5.73. The molecule has 7 nitrogen and oxygen atoms in total. The van der Waals surface area contributed by atoms with Crippen LogP contribution in [0.4, 0.5) is 5.69 Å². The third kappa shape index (κ3) is 7.21. The van der Waals surface area contributed by atoms with E-state index < -0.39 is 16.1 Å². The number of amides is 2. The van der Waals surface area contributed by atoms with E-state index >= 15 is 0 Å². The number of likely N-dealkylation sites (N-methyl/N-ethyl adjacent to an activating group) is 1. The van der Waals surface area contributed by atoms with E-state index in [-0.39, 0.29) is 24.8 Å². The Hall–Kier alpha value is -2.58. The molecular weight excluding hydrogens is 474 g/mol. The quantitative estimate of drug-likeness (QED) is 0.497. The molecule has 0 heterocycles. The summed E-state index contributed by atoms with van der Waals surface area (Å²) >= 11 is 6.20. The smallest absolute Gasteiger partial charge is 0.242 e. The van der Waals surface area contributed by atoms with Gasteiger partial charge in [-0.15, -0.1) is 0 Å². The van der Waals surface area contributed by atoms with E-state index in [9.17, 15) is 18.0 Å². The highest BCUT2D eigenvalue weighted by atomic mass is 35.5. The summed E-state index contributed by atoms with van der Waals surface area (Å²) in [6.07, 6.45) is 2.00. The Balaban J connectivity index is 2.23. The first kappa shape index (κ1) is 27.7. The fourth-order valence-electron chi connectivity index (χ4n) is 3.94. The summed E-state index contributed by atoms with van der Waals surface area (Å²) in [5, 5.41) is 3.12. The SMILES string of the molecule is CC[C@H](C(=O)NC)N(Cc1cccc(C)c1)C(=O)CCCN(c1cccc(Cl)c1C)S(C)(=O)=O. The van der Waals surface area contributed by atoms with E-state index in [1.165, 1.54) is 4.31 Å². The van der Waals surface area contributed by atoms with Gasteiger partial charge in [0.1, 0.15) is 6.04 Å². The van der Waals surface area contributed by atoms with Gasteiger partial charge in [0.2, 0.25) is 21.8 Å². The van der Waals surface area contributed by atoms with Crippen molar-refractivity contribution in [3.63, 3.8) is 0 Å². The summed E-state index contributed by atoms with van der Waals surface area (Å²) in [5.74, 6) is -0.427. The maximum Gasteiger partial charge on any atom is 0.242 e. The first-order valence-electron chi connectivity index (χ1n) is 11.3. The maximum atomic E-state index is 13.3. The van der Waals surface area contributed by atoms with Crippen LogP contribution in [0.3, 0.4) is 0 Å². The van der Waals surface area contributed by atoms with Crippen LogP contribution in [-0.4, -0.2) is 51.0 Å². The fourth-order valence-corrected chi connectivity index (χ4v) is 5.13. The molecular formula is C25H34ClN3O4S. The standard InChI is InChI=1S/C25H34ClN3O4S/c1-6-22(25(31)27-4)28(17-20-11-7-10-18(2)16-20)24(30)14-9-15-29(34(5,32)33)23-13-8-12-21(26)19(23)3/h7-8,10-13,16,22H,6,9,14-15,17H2,1-5H3,(H,27,31)/t22-/m1/s1. The average molecular weight is 508 g/mol. The molecule has 9 heteroatoms. The van der Waals surface area contributed by atoms with E-state index in [0.29, 0.717) is 35.7 Å². The number of nitrogens with one attached hydrogen (secondary N) is 1. The predicted molar refractivity (Wildman–Crippen MR) is 137 cm³/mol. The molecule has 2 aromatic rings. The van der Waals surface area contributed by atoms with Crippen molar-refractivity contribution < 1.29 is 18.0 Å². The van der Waals surface area contributed by atoms with Gasteiger partial charge in [-0.05, 0) is 49.9 Å². The predicted octanol–water partition coefficient (Wildman–Crippen LogP) is 4.06. The zero-order valence-corrected chi connectivity index (χ0v) is 22.0. The Morgan fingerprint density at radius 3 is 2.38 bits per heavy atom. The Bertz CT molecular complexity index is 1120. The topological polar surface area (TPSA) is 86.8 Å². The lowest BCUT2D eigenvalue weighted by Crippen LogP contribution is -2.48. The van der Waals surface area contributed by atoms with Gasteiger partial charge in [-0.25, -0.2) is 8.42 Å². The fraction of sp³-hybridized carbons (Fsp3) is 0.440. The van der Waals surface area contributed by atoms with Crippen molar-refractivity contribution >= 4 is 39.1 Å². The van der Waals surface area contributed by atoms with Crippen LogP contribution in [-0.2, 0) is 26.2 Å². The molecule has 0 aliphatic carbocycles. The number of nitrogens with zero attached hydrogens (tertiary/aromatic N) is 2. The molecule has 186 valence electrons. The lowest BCUT2D eigenvalue weighted by atomic mass is 10.1. The Labute approximate surface area is 208 Å². The molecule has 0 radical (unpaired) electrons. The van der Waals surface area contributed by atoms with Gasteiger partial charge in [-0.1, -0.05) is 54.4 Å². The normalized spacial score (nSPS) is 12.2. The largest absolute Gasteiger partial charge is 0.357 e. The highest BCUT2D eigenvalue weighted by Gasteiger charge is 2.28. The molecule has 2 amide bonds. The second-order valence-corrected chi connectivity index (χ2v) is 10.7. The van der Waals surface area contributed by atoms with Crippen LogP contribution in [0, 0.1) is 13.8 Å². The zero-order chi connectivity index (χ0) is 25.5. The van der Waals surface area contributed by atoms with E-state index in [2.05, 4.69) is 5.32 Å². The highest BCUT2D eigenvalue weighted by molar-refractivity contribution is 7.92. The Morgan fingerprint density at radius 2 is 1.79 bits per heavy atom. The summed E-state index contributed by atoms with van der Waals surface area (Å²) in [7, 11) is -2.03. The van der Waals surface area contributed by atoms with Crippen molar-refractivity contribution in [3.05, 3.63) is 64.2 Å². The first-order chi connectivity index (χ1) is 16.0. The van der Waals surface area contributed by atoms with Crippen LogP contribution < -0.4 is 9.62 Å². The first-order valence-corrected chi connectivity index (χ1v) is 13.5. The number of halogens is 1. The lowest BCUT2D eigenvalue weighted by Gasteiger charge is -2.31. The van der Waals surface area contributed by atoms with Crippen LogP contribution in [0.2, 0.25) is 5.02 Å². The molecule has 0 aliphatic rings. The lowest BCUT2D eigenvalue weighted by molar-refractivity contribution is -0.141. The van der Waals surface area contributed by atoms with E-state index in [4.69, 9.17) is 11.6 Å². The number of carbonyl (C=O) groups is 2. The molecule has 0 unspecified atom stereocenters. The van der Waals surface area contributed by atoms with Crippen molar-refractivity contribution in [2.24, 2.45) is 0 Å². The minimum Gasteiger partial charge on any atom is -0.357 e. The molecule has 0 fully saturated rings. The van der Waals surface area contributed by atoms with E-state index in [1.54, 1.807) is 37.1 Å². The number of hydrogen-bond acceptors (Lipinski definition) is 4. The van der Waals surface area contributed by atoms with Gasteiger partial charge in [0, 0.05) is 31.6 Å². The van der Waals surface area contributed by atoms with Gasteiger partial charge in [0.05, 0.1) is 11.9 Å². The number of carbonyl (C=O) groups excluding carboxylic acids is 2. The van der Waals surface area contributed by atoms with Crippen molar-refractivity contribution in [1.29, 1.82) is 0 Å². The summed E-state index contributed by atoms with van der Waals surface area (Å²) in [6.45, 7) is 6.03. The Morgan fingerprint density at radius 1 is 1.12 bits per heavy atom. The number of rotatable bonds is 11. The number of benzene rings is 2. The molecule has 0 aromatic heterocycles. The van der Waals surface area contributed by atoms with Crippen LogP contribution >= 0.6 is 11.6 Å². The van der Waals surface area contributed by atoms with Gasteiger partial charge < -0.3 is 10.2 Å². The molecule has 2 aromatic carbocycles. The molecule has 0 saturated heterocycles. The van der Waals surface area contributed by atoms with Crippen LogP contribution in [0.5, 0.6) is 0 Å². The van der Waals surface area contributed by atoms with Crippen LogP contribution in [0.1, 0.15) is 42.9 Å². The molecule has 0 spiro atoms. The number of sulfonamides is 1. The van der Waals surface area contributed by atoms with Crippen molar-refractivity contribution in [1.82, 2.24) is 10.2 Å². The van der Waals surface area contributed by atoms with Gasteiger partial charge >= 0.3 is 0 Å². The zero-order valence-electron chi connectivity index (χ0n) is 20.5. The summed E-state index contributed by atoms with van der Waals surface area (Å²) < 4.78 is 26.3. The molecule has 0 aliphatic heterocycles. The van der Waals surface area contributed by atoms with Crippen molar-refractivity contribution in [2.75, 3.05) is 24.2 Å². The van der Waals surface area contributed by atoms with E-state index in [1.807, 2.05) is 38.1 Å². The third-order valence-corrected chi connectivity index (χ3v) is 7.32. The number of aryl methyl sites for hydroxylation is 1. The highest BCUT2D eigenvalue weighted by Crippen LogP contribution is 2.28. The van der Waals surface area contributed by atoms with Crippen LogP contribution in [0.15, 0.2) is 42.5 Å². The number of hydrogen-bond donors (Lipinski definition) is 1. The van der Waals surface area contributed by atoms with E-state index in [0.717, 1.165) is 17.4 Å². The average Bonchev–Trinajstić information content (AvgIpc) is 2.77. The molecule has 2 rings (SSSR count). The van der Waals surface area contributed by atoms with Crippen molar-refractivity contribution in [2.45, 2.75) is 52.6 Å². The molecule has 0 saturated carbocycles. The minimum atomic E-state index is -3.58. The van der Waals surface area contributed by atoms with Gasteiger partial charge in [-0.3, -0.25) is 13.9 Å². The summed E-state index contributed by atoms with van der Waals surface area (Å²) in [5.41, 5.74) is 3.16. The van der Waals surface area contributed by atoms with Gasteiger partial charge in [0.15, 0.2) is 0 Å². The number of anilines is 1. The Kier molecular flexibility index (Phi) is 9.94. The minimum absolute atomic E-state index is 0.102. The molecule has 1 atom stereocenters. The second kappa shape index (κ2) is 12.2. The van der Waals surface area contributed by atoms with Crippen molar-refractivity contribution in [3.8, 4) is 0 Å². The monoisotopic (exact) mass is 507 g/mol. The maximum absolute atomic E-state index is 13.3.